The van der Waals surface area contributed by atoms with E-state index in [1.165, 1.54) is 64.5 Å². The van der Waals surface area contributed by atoms with Crippen molar-refractivity contribution < 1.29 is 4.79 Å². The van der Waals surface area contributed by atoms with Gasteiger partial charge in [0.2, 0.25) is 5.91 Å². The molecule has 3 aliphatic rings. The third-order valence-electron chi connectivity index (χ3n) is 5.50. The molecule has 1 amide bonds. The second-order valence-corrected chi connectivity index (χ2v) is 7.76. The number of likely N-dealkylation sites (tertiary alicyclic amines) is 1. The quantitative estimate of drug-likeness (QED) is 0.585. The van der Waals surface area contributed by atoms with E-state index in [0.29, 0.717) is 12.1 Å². The van der Waals surface area contributed by atoms with Gasteiger partial charge in [0.15, 0.2) is 5.96 Å². The van der Waals surface area contributed by atoms with Crippen molar-refractivity contribution in [1.29, 1.82) is 0 Å². The number of hydrogen-bond acceptors (Lipinski definition) is 3. The van der Waals surface area contributed by atoms with Crippen molar-refractivity contribution in [2.45, 2.75) is 69.5 Å². The summed E-state index contributed by atoms with van der Waals surface area (Å²) in [6.45, 7) is 2.60. The Labute approximate surface area is 146 Å². The summed E-state index contributed by atoms with van der Waals surface area (Å²) in [6, 6.07) is 1.85. The minimum atomic E-state index is 0.0473. The van der Waals surface area contributed by atoms with Crippen molar-refractivity contribution in [2.75, 3.05) is 33.7 Å². The highest BCUT2D eigenvalue weighted by Crippen LogP contribution is 2.29. The van der Waals surface area contributed by atoms with Gasteiger partial charge in [-0.05, 0) is 38.5 Å². The van der Waals surface area contributed by atoms with E-state index in [-0.39, 0.29) is 12.5 Å². The van der Waals surface area contributed by atoms with Crippen molar-refractivity contribution >= 4 is 11.9 Å². The molecule has 1 saturated heterocycles. The minimum absolute atomic E-state index is 0.0473. The van der Waals surface area contributed by atoms with Crippen LogP contribution in [-0.4, -0.2) is 73.5 Å². The standard InChI is InChI=1S/C18H33N5O/c1-22(2)17(24)13-19-18(20-14-5-3-4-6-14)21-15-9-11-23(12-10-15)16-7-8-16/h14-16H,3-13H2,1-2H3,(H2,19,20,21). The molecule has 3 rings (SSSR count). The molecule has 0 bridgehead atoms. The normalized spacial score (nSPS) is 24.2. The van der Waals surface area contributed by atoms with Crippen LogP contribution in [0.3, 0.4) is 0 Å². The molecule has 2 saturated carbocycles. The number of likely N-dealkylation sites (N-methyl/N-ethyl adjacent to an activating group) is 1. The van der Waals surface area contributed by atoms with Gasteiger partial charge in [-0.2, -0.15) is 0 Å². The van der Waals surface area contributed by atoms with Gasteiger partial charge in [0.1, 0.15) is 6.54 Å². The molecule has 136 valence electrons. The summed E-state index contributed by atoms with van der Waals surface area (Å²) < 4.78 is 0. The lowest BCUT2D eigenvalue weighted by Gasteiger charge is -2.33. The zero-order valence-corrected chi connectivity index (χ0v) is 15.3. The topological polar surface area (TPSA) is 60.0 Å². The summed E-state index contributed by atoms with van der Waals surface area (Å²) in [5.41, 5.74) is 0. The molecule has 1 aliphatic heterocycles. The van der Waals surface area contributed by atoms with Crippen molar-refractivity contribution in [3.63, 3.8) is 0 Å². The fraction of sp³-hybridized carbons (Fsp3) is 0.889. The second kappa shape index (κ2) is 8.19. The minimum Gasteiger partial charge on any atom is -0.354 e. The van der Waals surface area contributed by atoms with E-state index in [1.807, 2.05) is 0 Å². The smallest absolute Gasteiger partial charge is 0.243 e. The van der Waals surface area contributed by atoms with Gasteiger partial charge < -0.3 is 20.4 Å². The molecule has 6 heteroatoms. The van der Waals surface area contributed by atoms with E-state index in [9.17, 15) is 4.79 Å². The molecule has 0 aromatic carbocycles. The molecule has 0 radical (unpaired) electrons. The van der Waals surface area contributed by atoms with Gasteiger partial charge in [0.05, 0.1) is 0 Å². The molecule has 1 heterocycles. The Kier molecular flexibility index (Phi) is 5.98. The summed E-state index contributed by atoms with van der Waals surface area (Å²) in [4.78, 5) is 20.7. The Morgan fingerprint density at radius 1 is 1.00 bits per heavy atom. The molecule has 6 nitrogen and oxygen atoms in total. The van der Waals surface area contributed by atoms with E-state index in [2.05, 4.69) is 20.5 Å². The van der Waals surface area contributed by atoms with Crippen LogP contribution in [-0.2, 0) is 4.79 Å². The van der Waals surface area contributed by atoms with Crippen LogP contribution in [0.5, 0.6) is 0 Å². The van der Waals surface area contributed by atoms with Crippen LogP contribution in [0.2, 0.25) is 0 Å². The summed E-state index contributed by atoms with van der Waals surface area (Å²) in [6.07, 6.45) is 10.1. The van der Waals surface area contributed by atoms with E-state index in [1.54, 1.807) is 19.0 Å². The van der Waals surface area contributed by atoms with Crippen LogP contribution in [0.4, 0.5) is 0 Å². The Morgan fingerprint density at radius 2 is 1.58 bits per heavy atom. The molecule has 2 N–H and O–H groups in total. The number of rotatable bonds is 5. The van der Waals surface area contributed by atoms with Crippen molar-refractivity contribution in [2.24, 2.45) is 4.99 Å². The SMILES string of the molecule is CN(C)C(=O)CN=C(NC1CCCC1)NC1CCN(C2CC2)CC1. The van der Waals surface area contributed by atoms with Crippen LogP contribution >= 0.6 is 0 Å². The van der Waals surface area contributed by atoms with Crippen LogP contribution < -0.4 is 10.6 Å². The third kappa shape index (κ3) is 5.10. The van der Waals surface area contributed by atoms with Gasteiger partial charge in [0.25, 0.3) is 0 Å². The Morgan fingerprint density at radius 3 is 2.12 bits per heavy atom. The van der Waals surface area contributed by atoms with Gasteiger partial charge in [-0.1, -0.05) is 12.8 Å². The number of guanidine groups is 1. The molecule has 0 aromatic heterocycles. The maximum absolute atomic E-state index is 11.9. The first kappa shape index (κ1) is 17.5. The highest BCUT2D eigenvalue weighted by molar-refractivity contribution is 5.85. The molecule has 2 aliphatic carbocycles. The lowest BCUT2D eigenvalue weighted by molar-refractivity contribution is -0.127. The summed E-state index contributed by atoms with van der Waals surface area (Å²) in [5.74, 6) is 0.882. The number of carbonyl (C=O) groups is 1. The Bertz CT molecular complexity index is 446. The van der Waals surface area contributed by atoms with Crippen molar-refractivity contribution in [1.82, 2.24) is 20.4 Å². The number of nitrogens with one attached hydrogen (secondary N) is 2. The number of nitrogens with zero attached hydrogens (tertiary/aromatic N) is 3. The fourth-order valence-corrected chi connectivity index (χ4v) is 3.73. The maximum Gasteiger partial charge on any atom is 0.243 e. The zero-order valence-electron chi connectivity index (χ0n) is 15.3. The number of amides is 1. The van der Waals surface area contributed by atoms with Crippen LogP contribution in [0.15, 0.2) is 4.99 Å². The van der Waals surface area contributed by atoms with Crippen LogP contribution in [0.25, 0.3) is 0 Å². The van der Waals surface area contributed by atoms with Gasteiger partial charge in [-0.3, -0.25) is 4.79 Å². The van der Waals surface area contributed by atoms with E-state index in [4.69, 9.17) is 0 Å². The third-order valence-corrected chi connectivity index (χ3v) is 5.50. The number of piperidine rings is 1. The molecule has 0 atom stereocenters. The fourth-order valence-electron chi connectivity index (χ4n) is 3.73. The van der Waals surface area contributed by atoms with E-state index in [0.717, 1.165) is 12.0 Å². The number of aliphatic imine (C=N–C) groups is 1. The second-order valence-electron chi connectivity index (χ2n) is 7.76. The van der Waals surface area contributed by atoms with Crippen molar-refractivity contribution in [3.8, 4) is 0 Å². The average Bonchev–Trinajstić information content (AvgIpc) is 3.30. The lowest BCUT2D eigenvalue weighted by Crippen LogP contribution is -2.51. The monoisotopic (exact) mass is 335 g/mol. The van der Waals surface area contributed by atoms with E-state index >= 15 is 0 Å². The molecule has 24 heavy (non-hydrogen) atoms. The molecule has 0 unspecified atom stereocenters. The van der Waals surface area contributed by atoms with Gasteiger partial charge >= 0.3 is 0 Å². The first-order chi connectivity index (χ1) is 11.6. The molecule has 0 spiro atoms. The van der Waals surface area contributed by atoms with Crippen LogP contribution in [0.1, 0.15) is 51.4 Å². The summed E-state index contributed by atoms with van der Waals surface area (Å²) in [7, 11) is 3.56. The molecule has 3 fully saturated rings. The zero-order chi connectivity index (χ0) is 16.9. The number of hydrogen-bond donors (Lipinski definition) is 2. The van der Waals surface area contributed by atoms with Crippen LogP contribution in [0, 0.1) is 0 Å². The number of carbonyl (C=O) groups excluding carboxylic acids is 1. The molecular weight excluding hydrogens is 302 g/mol. The largest absolute Gasteiger partial charge is 0.354 e. The highest BCUT2D eigenvalue weighted by atomic mass is 16.2. The van der Waals surface area contributed by atoms with E-state index < -0.39 is 0 Å². The van der Waals surface area contributed by atoms with Gasteiger partial charge in [-0.15, -0.1) is 0 Å². The molecule has 0 aromatic rings. The Hall–Kier alpha value is -1.30. The first-order valence-electron chi connectivity index (χ1n) is 9.63. The highest BCUT2D eigenvalue weighted by Gasteiger charge is 2.32. The Balaban J connectivity index is 1.52. The van der Waals surface area contributed by atoms with Gasteiger partial charge in [0, 0.05) is 45.3 Å². The maximum atomic E-state index is 11.9. The summed E-state index contributed by atoms with van der Waals surface area (Å²) in [5, 5.41) is 7.16. The lowest BCUT2D eigenvalue weighted by atomic mass is 10.1. The first-order valence-corrected chi connectivity index (χ1v) is 9.63. The molecular formula is C18H33N5O. The predicted octanol–water partition coefficient (Wildman–Crippen LogP) is 1.18. The predicted molar refractivity (Wildman–Crippen MR) is 97.1 cm³/mol. The summed E-state index contributed by atoms with van der Waals surface area (Å²) >= 11 is 0. The van der Waals surface area contributed by atoms with Crippen molar-refractivity contribution in [3.05, 3.63) is 0 Å². The average molecular weight is 335 g/mol. The van der Waals surface area contributed by atoms with Gasteiger partial charge in [-0.25, -0.2) is 4.99 Å².